The van der Waals surface area contributed by atoms with E-state index in [0.717, 1.165) is 13.8 Å². The van der Waals surface area contributed by atoms with Crippen molar-refractivity contribution in [2.75, 3.05) is 0 Å². The van der Waals surface area contributed by atoms with Crippen molar-refractivity contribution in [3.8, 4) is 0 Å². The molecule has 0 saturated carbocycles. The lowest BCUT2D eigenvalue weighted by Gasteiger charge is -2.43. The minimum absolute atomic E-state index is 0.440. The van der Waals surface area contributed by atoms with Crippen LogP contribution in [-0.4, -0.2) is 76.2 Å². The molecule has 0 heterocycles. The highest BCUT2D eigenvalue weighted by molar-refractivity contribution is 4.91. The van der Waals surface area contributed by atoms with Crippen LogP contribution in [0.2, 0.25) is 0 Å². The zero-order valence-electron chi connectivity index (χ0n) is 12.6. The zero-order valence-corrected chi connectivity index (χ0v) is 12.6. The summed E-state index contributed by atoms with van der Waals surface area (Å²) in [5.41, 5.74) is 0. The van der Waals surface area contributed by atoms with Gasteiger partial charge in [0.25, 0.3) is 0 Å². The summed E-state index contributed by atoms with van der Waals surface area (Å²) in [4.78, 5) is 0. The van der Waals surface area contributed by atoms with Crippen LogP contribution in [0, 0.1) is 0 Å². The van der Waals surface area contributed by atoms with Gasteiger partial charge in [-0.1, -0.05) is 13.8 Å². The normalized spacial score (nSPS) is 17.7. The van der Waals surface area contributed by atoms with Crippen LogP contribution in [0.3, 0.4) is 0 Å². The third-order valence-electron chi connectivity index (χ3n) is 3.71. The molecule has 9 nitrogen and oxygen atoms in total. The zero-order chi connectivity index (χ0) is 17.3. The Balaban J connectivity index is 5.14. The van der Waals surface area contributed by atoms with Crippen molar-refractivity contribution >= 4 is 0 Å². The lowest BCUT2D eigenvalue weighted by atomic mass is 9.96. The second-order valence-corrected chi connectivity index (χ2v) is 5.21. The highest BCUT2D eigenvalue weighted by Gasteiger charge is 2.55. The maximum absolute atomic E-state index is 9.73. The van der Waals surface area contributed by atoms with Crippen molar-refractivity contribution < 1.29 is 45.6 Å². The van der Waals surface area contributed by atoms with Gasteiger partial charge in [0.15, 0.2) is 0 Å². The molecule has 0 fully saturated rings. The molecule has 0 aliphatic rings. The average Bonchev–Trinajstić information content (AvgIpc) is 2.37. The van der Waals surface area contributed by atoms with Gasteiger partial charge in [-0.3, -0.25) is 0 Å². The highest BCUT2D eigenvalue weighted by atomic mass is 16.7. The summed E-state index contributed by atoms with van der Waals surface area (Å²) in [5.74, 6) is -12.0. The van der Waals surface area contributed by atoms with Crippen LogP contribution >= 0.6 is 0 Å². The topological polar surface area (TPSA) is 171 Å². The third-order valence-corrected chi connectivity index (χ3v) is 3.71. The Bertz CT molecular complexity index is 306. The fourth-order valence-corrected chi connectivity index (χ4v) is 1.67. The van der Waals surface area contributed by atoms with E-state index < -0.39 is 48.2 Å². The van der Waals surface area contributed by atoms with E-state index in [1.807, 2.05) is 0 Å². The Morgan fingerprint density at radius 1 is 0.667 bits per heavy atom. The molecule has 0 aromatic carbocycles. The number of rotatable bonds is 8. The van der Waals surface area contributed by atoms with Crippen molar-refractivity contribution in [2.24, 2.45) is 0 Å². The minimum Gasteiger partial charge on any atom is -0.364 e. The molecule has 0 aromatic heterocycles. The van der Waals surface area contributed by atoms with Gasteiger partial charge < -0.3 is 45.6 Å². The first-order valence-corrected chi connectivity index (χ1v) is 6.61. The van der Waals surface area contributed by atoms with Crippen LogP contribution in [0.5, 0.6) is 0 Å². The molecule has 2 atom stereocenters. The van der Waals surface area contributed by atoms with Crippen LogP contribution < -0.4 is 0 Å². The number of aliphatic hydroxyl groups is 8. The van der Waals surface area contributed by atoms with E-state index >= 15 is 0 Å². The molecule has 0 aliphatic heterocycles. The fraction of sp³-hybridized carbons (Fsp3) is 1.00. The van der Waals surface area contributed by atoms with E-state index in [1.54, 1.807) is 0 Å². The fourth-order valence-electron chi connectivity index (χ4n) is 1.67. The monoisotopic (exact) mass is 314 g/mol. The van der Waals surface area contributed by atoms with E-state index in [1.165, 1.54) is 13.8 Å². The summed E-state index contributed by atoms with van der Waals surface area (Å²) < 4.78 is 4.92. The molecule has 0 rings (SSSR count). The largest absolute Gasteiger partial charge is 0.364 e. The van der Waals surface area contributed by atoms with Crippen molar-refractivity contribution in [3.63, 3.8) is 0 Å². The van der Waals surface area contributed by atoms with Crippen molar-refractivity contribution in [2.45, 2.75) is 75.9 Å². The molecular formula is C12H26O9. The predicted octanol–water partition coefficient (Wildman–Crippen LogP) is -2.68. The summed E-state index contributed by atoms with van der Waals surface area (Å²) in [5, 5.41) is 76.9. The number of hydrogen-bond acceptors (Lipinski definition) is 9. The summed E-state index contributed by atoms with van der Waals surface area (Å²) in [6, 6.07) is 0. The SMILES string of the molecule is CCC(O)(O)C(O)(O)C(C)OC(C)C(O)(O)C(O)(O)CC. The maximum atomic E-state index is 9.73. The summed E-state index contributed by atoms with van der Waals surface area (Å²) in [6.07, 6.45) is -4.25. The standard InChI is InChI=1S/C12H26O9/c1-5-9(13,14)11(17,18)7(3)21-8(4)12(19,20)10(15,16)6-2/h7-8,13-20H,5-6H2,1-4H3. The predicted molar refractivity (Wildman–Crippen MR) is 69.3 cm³/mol. The van der Waals surface area contributed by atoms with Crippen LogP contribution in [0.15, 0.2) is 0 Å². The molecule has 9 heteroatoms. The summed E-state index contributed by atoms with van der Waals surface area (Å²) in [7, 11) is 0. The molecule has 0 radical (unpaired) electrons. The average molecular weight is 314 g/mol. The van der Waals surface area contributed by atoms with E-state index in [0.29, 0.717) is 0 Å². The Morgan fingerprint density at radius 2 is 0.905 bits per heavy atom. The van der Waals surface area contributed by atoms with Gasteiger partial charge in [0.2, 0.25) is 23.1 Å². The molecule has 2 unspecified atom stereocenters. The van der Waals surface area contributed by atoms with Gasteiger partial charge in [0.1, 0.15) is 12.2 Å². The number of hydrogen-bond donors (Lipinski definition) is 8. The van der Waals surface area contributed by atoms with Gasteiger partial charge in [0, 0.05) is 12.8 Å². The minimum atomic E-state index is -3.12. The Hall–Kier alpha value is -0.360. The summed E-state index contributed by atoms with van der Waals surface area (Å²) in [6.45, 7) is 4.66. The van der Waals surface area contributed by atoms with Crippen LogP contribution in [0.25, 0.3) is 0 Å². The van der Waals surface area contributed by atoms with Crippen molar-refractivity contribution in [3.05, 3.63) is 0 Å². The quantitative estimate of drug-likeness (QED) is 0.222. The maximum Gasteiger partial charge on any atom is 0.245 e. The molecule has 0 amide bonds. The van der Waals surface area contributed by atoms with E-state index in [9.17, 15) is 40.9 Å². The van der Waals surface area contributed by atoms with Crippen molar-refractivity contribution in [1.82, 2.24) is 0 Å². The third kappa shape index (κ3) is 3.89. The molecule has 8 N–H and O–H groups in total. The molecule has 21 heavy (non-hydrogen) atoms. The second kappa shape index (κ2) is 6.41. The first-order chi connectivity index (χ1) is 9.17. The van der Waals surface area contributed by atoms with Crippen LogP contribution in [0.1, 0.15) is 40.5 Å². The Kier molecular flexibility index (Phi) is 6.30. The second-order valence-electron chi connectivity index (χ2n) is 5.21. The molecule has 128 valence electrons. The van der Waals surface area contributed by atoms with Crippen LogP contribution in [-0.2, 0) is 4.74 Å². The molecule has 0 aromatic rings. The van der Waals surface area contributed by atoms with E-state index in [-0.39, 0.29) is 0 Å². The van der Waals surface area contributed by atoms with Gasteiger partial charge in [-0.15, -0.1) is 0 Å². The lowest BCUT2D eigenvalue weighted by molar-refractivity contribution is -0.418. The van der Waals surface area contributed by atoms with Gasteiger partial charge in [-0.05, 0) is 13.8 Å². The lowest BCUT2D eigenvalue weighted by Crippen LogP contribution is -2.65. The van der Waals surface area contributed by atoms with Gasteiger partial charge in [-0.25, -0.2) is 0 Å². The molecule has 0 saturated heterocycles. The number of ether oxygens (including phenoxy) is 1. The summed E-state index contributed by atoms with van der Waals surface area (Å²) >= 11 is 0. The van der Waals surface area contributed by atoms with E-state index in [2.05, 4.69) is 0 Å². The van der Waals surface area contributed by atoms with Crippen LogP contribution in [0.4, 0.5) is 0 Å². The van der Waals surface area contributed by atoms with Gasteiger partial charge >= 0.3 is 0 Å². The highest BCUT2D eigenvalue weighted by Crippen LogP contribution is 2.31. The molecule has 0 bridgehead atoms. The van der Waals surface area contributed by atoms with Crippen molar-refractivity contribution in [1.29, 1.82) is 0 Å². The smallest absolute Gasteiger partial charge is 0.245 e. The molecule has 0 aliphatic carbocycles. The molecule has 0 spiro atoms. The Labute approximate surface area is 122 Å². The first-order valence-electron chi connectivity index (χ1n) is 6.61. The van der Waals surface area contributed by atoms with Gasteiger partial charge in [-0.2, -0.15) is 0 Å². The van der Waals surface area contributed by atoms with E-state index in [4.69, 9.17) is 4.74 Å². The Morgan fingerprint density at radius 3 is 1.10 bits per heavy atom. The molecular weight excluding hydrogens is 288 g/mol. The first kappa shape index (κ1) is 20.6. The van der Waals surface area contributed by atoms with Gasteiger partial charge in [0.05, 0.1) is 0 Å².